The monoisotopic (exact) mass is 225 g/mol. The lowest BCUT2D eigenvalue weighted by Crippen LogP contribution is -1.95. The van der Waals surface area contributed by atoms with Gasteiger partial charge in [0, 0.05) is 5.69 Å². The summed E-state index contributed by atoms with van der Waals surface area (Å²) in [5.74, 6) is 0.339. The Hall–Kier alpha value is -2.54. The molecule has 1 aromatic carbocycles. The Morgan fingerprint density at radius 2 is 2.00 bits per heavy atom. The van der Waals surface area contributed by atoms with E-state index in [1.165, 1.54) is 7.11 Å². The third kappa shape index (κ3) is 2.52. The number of aromatic nitrogens is 1. The maximum absolute atomic E-state index is 8.94. The van der Waals surface area contributed by atoms with Crippen molar-refractivity contribution < 1.29 is 4.74 Å². The second-order valence-corrected chi connectivity index (χ2v) is 3.38. The Morgan fingerprint density at radius 3 is 2.65 bits per heavy atom. The maximum Gasteiger partial charge on any atom is 0.231 e. The highest BCUT2D eigenvalue weighted by atomic mass is 16.5. The van der Waals surface area contributed by atoms with E-state index in [1.807, 2.05) is 36.4 Å². The van der Waals surface area contributed by atoms with Crippen LogP contribution >= 0.6 is 0 Å². The third-order valence-corrected chi connectivity index (χ3v) is 2.23. The highest BCUT2D eigenvalue weighted by molar-refractivity contribution is 5.61. The lowest BCUT2D eigenvalue weighted by Gasteiger charge is -2.07. The molecule has 0 fully saturated rings. The van der Waals surface area contributed by atoms with Gasteiger partial charge < -0.3 is 10.1 Å². The van der Waals surface area contributed by atoms with Crippen LogP contribution in [0.3, 0.4) is 0 Å². The van der Waals surface area contributed by atoms with Crippen molar-refractivity contribution in [3.63, 3.8) is 0 Å². The fourth-order valence-corrected chi connectivity index (χ4v) is 1.45. The first kappa shape index (κ1) is 11.0. The lowest BCUT2D eigenvalue weighted by molar-refractivity contribution is 0.396. The molecule has 0 amide bonds. The molecule has 1 aromatic heterocycles. The second kappa shape index (κ2) is 4.99. The van der Waals surface area contributed by atoms with Crippen molar-refractivity contribution in [2.24, 2.45) is 0 Å². The molecule has 84 valence electrons. The fourth-order valence-electron chi connectivity index (χ4n) is 1.45. The summed E-state index contributed by atoms with van der Waals surface area (Å²) in [4.78, 5) is 4.06. The largest absolute Gasteiger partial charge is 0.480 e. The van der Waals surface area contributed by atoms with E-state index in [9.17, 15) is 0 Å². The summed E-state index contributed by atoms with van der Waals surface area (Å²) in [7, 11) is 1.49. The summed E-state index contributed by atoms with van der Waals surface area (Å²) in [6.45, 7) is 0. The Kier molecular flexibility index (Phi) is 3.22. The molecule has 0 aliphatic heterocycles. The van der Waals surface area contributed by atoms with E-state index in [-0.39, 0.29) is 0 Å². The van der Waals surface area contributed by atoms with Gasteiger partial charge in [-0.3, -0.25) is 0 Å². The summed E-state index contributed by atoms with van der Waals surface area (Å²) in [5, 5.41) is 12.1. The number of nitriles is 1. The Labute approximate surface area is 99.5 Å². The summed E-state index contributed by atoms with van der Waals surface area (Å²) in [6, 6.07) is 13.4. The topological polar surface area (TPSA) is 57.9 Å². The zero-order valence-corrected chi connectivity index (χ0v) is 9.34. The van der Waals surface area contributed by atoms with Gasteiger partial charge in [-0.2, -0.15) is 5.26 Å². The van der Waals surface area contributed by atoms with Gasteiger partial charge in [0.1, 0.15) is 11.6 Å². The van der Waals surface area contributed by atoms with Crippen molar-refractivity contribution in [2.75, 3.05) is 12.4 Å². The van der Waals surface area contributed by atoms with E-state index < -0.39 is 0 Å². The van der Waals surface area contributed by atoms with Crippen LogP contribution in [0, 0.1) is 11.3 Å². The van der Waals surface area contributed by atoms with Crippen molar-refractivity contribution in [1.29, 1.82) is 5.26 Å². The van der Waals surface area contributed by atoms with Crippen LogP contribution in [-0.2, 0) is 0 Å². The average molecular weight is 225 g/mol. The van der Waals surface area contributed by atoms with Crippen LogP contribution in [0.1, 0.15) is 5.56 Å². The lowest BCUT2D eigenvalue weighted by atomic mass is 10.2. The van der Waals surface area contributed by atoms with E-state index in [0.29, 0.717) is 11.4 Å². The minimum Gasteiger partial charge on any atom is -0.480 e. The number of benzene rings is 1. The maximum atomic E-state index is 8.94. The SMILES string of the molecule is COc1ncc(Nc2ccccc2)cc1C#N. The predicted octanol–water partition coefficient (Wildman–Crippen LogP) is 2.71. The van der Waals surface area contributed by atoms with Crippen LogP contribution < -0.4 is 10.1 Å². The van der Waals surface area contributed by atoms with Gasteiger partial charge in [0.05, 0.1) is 19.0 Å². The molecule has 1 N–H and O–H groups in total. The fraction of sp³-hybridized carbons (Fsp3) is 0.0769. The second-order valence-electron chi connectivity index (χ2n) is 3.38. The van der Waals surface area contributed by atoms with Crippen molar-refractivity contribution in [1.82, 2.24) is 4.98 Å². The minimum absolute atomic E-state index is 0.339. The Morgan fingerprint density at radius 1 is 1.24 bits per heavy atom. The van der Waals surface area contributed by atoms with Crippen molar-refractivity contribution in [3.8, 4) is 11.9 Å². The number of anilines is 2. The first-order chi connectivity index (χ1) is 8.33. The number of pyridine rings is 1. The molecule has 17 heavy (non-hydrogen) atoms. The van der Waals surface area contributed by atoms with E-state index in [0.717, 1.165) is 11.4 Å². The third-order valence-electron chi connectivity index (χ3n) is 2.23. The van der Waals surface area contributed by atoms with Crippen LogP contribution in [0.4, 0.5) is 11.4 Å². The number of para-hydroxylation sites is 1. The summed E-state index contributed by atoms with van der Waals surface area (Å²) in [5.41, 5.74) is 2.12. The van der Waals surface area contributed by atoms with Crippen LogP contribution in [0.25, 0.3) is 0 Å². The molecule has 0 spiro atoms. The summed E-state index contributed by atoms with van der Waals surface area (Å²) in [6.07, 6.45) is 1.63. The van der Waals surface area contributed by atoms with Gasteiger partial charge >= 0.3 is 0 Å². The number of hydrogen-bond acceptors (Lipinski definition) is 4. The number of methoxy groups -OCH3 is 1. The van der Waals surface area contributed by atoms with Crippen molar-refractivity contribution in [2.45, 2.75) is 0 Å². The van der Waals surface area contributed by atoms with Crippen LogP contribution in [0.15, 0.2) is 42.6 Å². The van der Waals surface area contributed by atoms with Gasteiger partial charge in [-0.15, -0.1) is 0 Å². The first-order valence-corrected chi connectivity index (χ1v) is 5.09. The minimum atomic E-state index is 0.339. The number of nitrogens with one attached hydrogen (secondary N) is 1. The Balaban J connectivity index is 2.26. The zero-order chi connectivity index (χ0) is 12.1. The zero-order valence-electron chi connectivity index (χ0n) is 9.34. The molecule has 0 saturated heterocycles. The van der Waals surface area contributed by atoms with E-state index >= 15 is 0 Å². The molecule has 0 aliphatic carbocycles. The van der Waals surface area contributed by atoms with E-state index in [1.54, 1.807) is 12.3 Å². The van der Waals surface area contributed by atoms with Gasteiger partial charge in [-0.05, 0) is 18.2 Å². The quantitative estimate of drug-likeness (QED) is 0.872. The number of rotatable bonds is 3. The first-order valence-electron chi connectivity index (χ1n) is 5.09. The molecule has 2 rings (SSSR count). The van der Waals surface area contributed by atoms with Crippen LogP contribution in [0.5, 0.6) is 5.88 Å². The molecule has 0 radical (unpaired) electrons. The molecule has 0 unspecified atom stereocenters. The number of ether oxygens (including phenoxy) is 1. The van der Waals surface area contributed by atoms with Gasteiger partial charge in [-0.25, -0.2) is 4.98 Å². The predicted molar refractivity (Wildman–Crippen MR) is 65.2 cm³/mol. The summed E-state index contributed by atoms with van der Waals surface area (Å²) >= 11 is 0. The van der Waals surface area contributed by atoms with Crippen molar-refractivity contribution in [3.05, 3.63) is 48.2 Å². The van der Waals surface area contributed by atoms with Crippen molar-refractivity contribution >= 4 is 11.4 Å². The standard InChI is InChI=1S/C13H11N3O/c1-17-13-10(8-14)7-12(9-15-13)16-11-5-3-2-4-6-11/h2-7,9,16H,1H3. The average Bonchev–Trinajstić information content (AvgIpc) is 2.40. The molecule has 4 heteroatoms. The molecular formula is C13H11N3O. The Bertz CT molecular complexity index is 546. The molecule has 1 heterocycles. The molecule has 0 saturated carbocycles. The van der Waals surface area contributed by atoms with Gasteiger partial charge in [0.2, 0.25) is 5.88 Å². The normalized spacial score (nSPS) is 9.41. The number of nitrogens with zero attached hydrogens (tertiary/aromatic N) is 2. The number of hydrogen-bond donors (Lipinski definition) is 1. The van der Waals surface area contributed by atoms with E-state index in [2.05, 4.69) is 10.3 Å². The van der Waals surface area contributed by atoms with Gasteiger partial charge in [-0.1, -0.05) is 18.2 Å². The van der Waals surface area contributed by atoms with E-state index in [4.69, 9.17) is 10.00 Å². The molecular weight excluding hydrogens is 214 g/mol. The molecule has 0 bridgehead atoms. The molecule has 0 aliphatic rings. The van der Waals surface area contributed by atoms with Crippen LogP contribution in [-0.4, -0.2) is 12.1 Å². The molecule has 2 aromatic rings. The molecule has 0 atom stereocenters. The highest BCUT2D eigenvalue weighted by Gasteiger charge is 2.05. The summed E-state index contributed by atoms with van der Waals surface area (Å²) < 4.78 is 4.98. The molecule has 4 nitrogen and oxygen atoms in total. The van der Waals surface area contributed by atoms with Gasteiger partial charge in [0.15, 0.2) is 0 Å². The smallest absolute Gasteiger partial charge is 0.231 e. The highest BCUT2D eigenvalue weighted by Crippen LogP contribution is 2.21. The van der Waals surface area contributed by atoms with Gasteiger partial charge in [0.25, 0.3) is 0 Å². The van der Waals surface area contributed by atoms with Crippen LogP contribution in [0.2, 0.25) is 0 Å².